The summed E-state index contributed by atoms with van der Waals surface area (Å²) in [6.45, 7) is 0. The lowest BCUT2D eigenvalue weighted by Gasteiger charge is -2.13. The summed E-state index contributed by atoms with van der Waals surface area (Å²) in [7, 11) is 0. The van der Waals surface area contributed by atoms with E-state index in [1.165, 1.54) is 12.1 Å². The summed E-state index contributed by atoms with van der Waals surface area (Å²) in [5, 5.41) is -0.286. The largest absolute Gasteiger partial charge is 0.416 e. The molecule has 0 aliphatic rings. The second-order valence-electron chi connectivity index (χ2n) is 4.53. The van der Waals surface area contributed by atoms with Gasteiger partial charge in [0.25, 0.3) is 0 Å². The van der Waals surface area contributed by atoms with Crippen LogP contribution in [0.25, 0.3) is 0 Å². The van der Waals surface area contributed by atoms with Crippen LogP contribution < -0.4 is 0 Å². The molecule has 0 heterocycles. The minimum Gasteiger partial charge on any atom is -0.166 e. The summed E-state index contributed by atoms with van der Waals surface area (Å²) in [5.74, 6) is 0. The van der Waals surface area contributed by atoms with Crippen LogP contribution in [-0.4, -0.2) is 0 Å². The van der Waals surface area contributed by atoms with Gasteiger partial charge in [0.05, 0.1) is 10.9 Å². The Morgan fingerprint density at radius 2 is 1.71 bits per heavy atom. The van der Waals surface area contributed by atoms with Crippen LogP contribution in [0, 0.1) is 3.57 Å². The van der Waals surface area contributed by atoms with Gasteiger partial charge in [0.15, 0.2) is 0 Å². The Hall–Kier alpha value is -0.270. The molecule has 6 heteroatoms. The molecule has 0 aliphatic heterocycles. The van der Waals surface area contributed by atoms with Crippen molar-refractivity contribution in [2.75, 3.05) is 0 Å². The number of halogens is 6. The fourth-order valence-corrected chi connectivity index (χ4v) is 3.53. The Morgan fingerprint density at radius 1 is 1.10 bits per heavy atom. The van der Waals surface area contributed by atoms with E-state index in [0.717, 1.165) is 31.3 Å². The molecule has 1 atom stereocenters. The Kier molecular flexibility index (Phi) is 5.59. The van der Waals surface area contributed by atoms with Gasteiger partial charge in [0.2, 0.25) is 0 Å². The highest BCUT2D eigenvalue weighted by Gasteiger charge is 2.30. The van der Waals surface area contributed by atoms with Crippen LogP contribution in [0.4, 0.5) is 13.2 Å². The summed E-state index contributed by atoms with van der Waals surface area (Å²) in [4.78, 5) is 0. The molecule has 0 saturated heterocycles. The Bertz CT molecular complexity index is 626. The molecule has 0 N–H and O–H groups in total. The summed E-state index contributed by atoms with van der Waals surface area (Å²) in [6, 6.07) is 10.9. The van der Waals surface area contributed by atoms with E-state index in [0.29, 0.717) is 6.42 Å². The van der Waals surface area contributed by atoms with Crippen molar-refractivity contribution in [3.05, 3.63) is 67.2 Å². The molecule has 0 nitrogen and oxygen atoms in total. The third-order valence-corrected chi connectivity index (χ3v) is 4.86. The van der Waals surface area contributed by atoms with Gasteiger partial charge in [-0.2, -0.15) is 13.2 Å². The number of hydrogen-bond acceptors (Lipinski definition) is 0. The Balaban J connectivity index is 2.16. The van der Waals surface area contributed by atoms with E-state index in [9.17, 15) is 13.2 Å². The van der Waals surface area contributed by atoms with Crippen LogP contribution in [0.3, 0.4) is 0 Å². The predicted octanol–water partition coefficient (Wildman–Crippen LogP) is 6.60. The van der Waals surface area contributed by atoms with Crippen molar-refractivity contribution in [3.8, 4) is 0 Å². The number of alkyl halides is 4. The van der Waals surface area contributed by atoms with Crippen LogP contribution in [0.15, 0.2) is 46.9 Å². The van der Waals surface area contributed by atoms with Gasteiger partial charge in [-0.05, 0) is 70.5 Å². The molecule has 1 unspecified atom stereocenters. The first kappa shape index (κ1) is 17.1. The van der Waals surface area contributed by atoms with Crippen molar-refractivity contribution in [1.29, 1.82) is 0 Å². The van der Waals surface area contributed by atoms with Gasteiger partial charge in [-0.15, -0.1) is 11.6 Å². The second-order valence-corrected chi connectivity index (χ2v) is 7.14. The molecule has 2 rings (SSSR count). The van der Waals surface area contributed by atoms with E-state index < -0.39 is 11.7 Å². The molecule has 0 fully saturated rings. The molecule has 0 aromatic heterocycles. The molecule has 21 heavy (non-hydrogen) atoms. The quantitative estimate of drug-likeness (QED) is 0.337. The van der Waals surface area contributed by atoms with Crippen LogP contribution in [0.2, 0.25) is 0 Å². The minimum atomic E-state index is -4.31. The van der Waals surface area contributed by atoms with Crippen LogP contribution in [-0.2, 0) is 12.6 Å². The van der Waals surface area contributed by atoms with E-state index in [4.69, 9.17) is 11.6 Å². The fraction of sp³-hybridized carbons (Fsp3) is 0.200. The van der Waals surface area contributed by atoms with Crippen molar-refractivity contribution >= 4 is 50.1 Å². The predicted molar refractivity (Wildman–Crippen MR) is 90.6 cm³/mol. The minimum absolute atomic E-state index is 0.286. The first-order valence-corrected chi connectivity index (χ1v) is 8.33. The van der Waals surface area contributed by atoms with Crippen LogP contribution >= 0.6 is 50.1 Å². The SMILES string of the molecule is FC(F)(F)c1ccc(CC(Cl)c2cc(Br)ccc2I)cc1. The van der Waals surface area contributed by atoms with Crippen molar-refractivity contribution in [2.45, 2.75) is 18.0 Å². The van der Waals surface area contributed by atoms with E-state index in [-0.39, 0.29) is 5.38 Å². The maximum Gasteiger partial charge on any atom is 0.416 e. The Labute approximate surface area is 148 Å². The maximum atomic E-state index is 12.5. The lowest BCUT2D eigenvalue weighted by atomic mass is 10.0. The molecular formula is C15H10BrClF3I. The van der Waals surface area contributed by atoms with Gasteiger partial charge in [0, 0.05) is 8.04 Å². The normalized spacial score (nSPS) is 13.2. The first-order valence-electron chi connectivity index (χ1n) is 6.02. The average molecular weight is 490 g/mol. The lowest BCUT2D eigenvalue weighted by molar-refractivity contribution is -0.137. The van der Waals surface area contributed by atoms with Crippen molar-refractivity contribution in [1.82, 2.24) is 0 Å². The molecule has 112 valence electrons. The average Bonchev–Trinajstić information content (AvgIpc) is 2.41. The molecule has 2 aromatic carbocycles. The van der Waals surface area contributed by atoms with E-state index >= 15 is 0 Å². The monoisotopic (exact) mass is 488 g/mol. The zero-order chi connectivity index (χ0) is 15.6. The van der Waals surface area contributed by atoms with Crippen molar-refractivity contribution < 1.29 is 13.2 Å². The molecule has 0 spiro atoms. The molecular weight excluding hydrogens is 479 g/mol. The third kappa shape index (κ3) is 4.60. The molecule has 0 saturated carbocycles. The molecule has 2 aromatic rings. The summed E-state index contributed by atoms with van der Waals surface area (Å²) < 4.78 is 39.5. The standard InChI is InChI=1S/C15H10BrClF3I/c16-11-5-6-14(21)12(8-11)13(17)7-9-1-3-10(4-2-9)15(18,19)20/h1-6,8,13H,7H2. The van der Waals surface area contributed by atoms with Crippen molar-refractivity contribution in [3.63, 3.8) is 0 Å². The highest BCUT2D eigenvalue weighted by Crippen LogP contribution is 2.33. The number of rotatable bonds is 3. The zero-order valence-corrected chi connectivity index (χ0v) is 15.1. The van der Waals surface area contributed by atoms with Crippen molar-refractivity contribution in [2.24, 2.45) is 0 Å². The molecule has 0 radical (unpaired) electrons. The van der Waals surface area contributed by atoms with Gasteiger partial charge >= 0.3 is 6.18 Å². The summed E-state index contributed by atoms with van der Waals surface area (Å²) in [5.41, 5.74) is 1.10. The molecule has 0 aliphatic carbocycles. The van der Waals surface area contributed by atoms with Gasteiger partial charge in [-0.1, -0.05) is 28.1 Å². The lowest BCUT2D eigenvalue weighted by Crippen LogP contribution is -2.05. The fourth-order valence-electron chi connectivity index (χ4n) is 1.90. The van der Waals surface area contributed by atoms with Gasteiger partial charge in [0.1, 0.15) is 0 Å². The highest BCUT2D eigenvalue weighted by molar-refractivity contribution is 14.1. The summed E-state index contributed by atoms with van der Waals surface area (Å²) >= 11 is 12.0. The zero-order valence-electron chi connectivity index (χ0n) is 10.6. The molecule has 0 amide bonds. The van der Waals surface area contributed by atoms with Gasteiger partial charge in [-0.3, -0.25) is 0 Å². The Morgan fingerprint density at radius 3 is 2.29 bits per heavy atom. The highest BCUT2D eigenvalue weighted by atomic mass is 127. The topological polar surface area (TPSA) is 0 Å². The van der Waals surface area contributed by atoms with E-state index in [2.05, 4.69) is 38.5 Å². The third-order valence-electron chi connectivity index (χ3n) is 2.99. The van der Waals surface area contributed by atoms with Crippen LogP contribution in [0.5, 0.6) is 0 Å². The van der Waals surface area contributed by atoms with E-state index in [1.54, 1.807) is 0 Å². The smallest absolute Gasteiger partial charge is 0.166 e. The van der Waals surface area contributed by atoms with Gasteiger partial charge in [-0.25, -0.2) is 0 Å². The summed E-state index contributed by atoms with van der Waals surface area (Å²) in [6.07, 6.45) is -3.83. The van der Waals surface area contributed by atoms with E-state index in [1.807, 2.05) is 18.2 Å². The second kappa shape index (κ2) is 6.87. The maximum absolute atomic E-state index is 12.5. The van der Waals surface area contributed by atoms with Crippen LogP contribution in [0.1, 0.15) is 22.1 Å². The number of hydrogen-bond donors (Lipinski definition) is 0. The number of benzene rings is 2. The first-order chi connectivity index (χ1) is 9.77. The van der Waals surface area contributed by atoms with Gasteiger partial charge < -0.3 is 0 Å². The molecule has 0 bridgehead atoms.